The van der Waals surface area contributed by atoms with Gasteiger partial charge in [-0.25, -0.2) is 9.50 Å². The first-order valence-electron chi connectivity index (χ1n) is 7.11. The highest BCUT2D eigenvalue weighted by molar-refractivity contribution is 9.10. The zero-order chi connectivity index (χ0) is 15.1. The van der Waals surface area contributed by atoms with Gasteiger partial charge >= 0.3 is 0 Å². The number of aromatic nitrogens is 3. The van der Waals surface area contributed by atoms with Crippen molar-refractivity contribution in [3.8, 4) is 0 Å². The number of carbonyl (C=O) groups excluding carboxylic acids is 1. The van der Waals surface area contributed by atoms with E-state index in [4.69, 9.17) is 0 Å². The van der Waals surface area contributed by atoms with E-state index in [-0.39, 0.29) is 11.9 Å². The van der Waals surface area contributed by atoms with E-state index < -0.39 is 0 Å². The molecule has 0 radical (unpaired) electrons. The Kier molecular flexibility index (Phi) is 3.18. The molecule has 5 nitrogen and oxygen atoms in total. The summed E-state index contributed by atoms with van der Waals surface area (Å²) in [4.78, 5) is 16.7. The molecule has 2 heterocycles. The molecular weight excluding hydrogens is 344 g/mol. The summed E-state index contributed by atoms with van der Waals surface area (Å²) in [5.41, 5.74) is 3.83. The number of pyridine rings is 1. The summed E-state index contributed by atoms with van der Waals surface area (Å²) in [7, 11) is 0. The first-order chi connectivity index (χ1) is 10.7. The molecule has 2 aromatic heterocycles. The van der Waals surface area contributed by atoms with Crippen molar-refractivity contribution >= 4 is 27.5 Å². The highest BCUT2D eigenvalue weighted by Crippen LogP contribution is 2.30. The lowest BCUT2D eigenvalue weighted by molar-refractivity contribution is 0.0936. The summed E-state index contributed by atoms with van der Waals surface area (Å²) in [6.07, 6.45) is 3.65. The fraction of sp³-hybridized carbons (Fsp3) is 0.188. The highest BCUT2D eigenvalue weighted by atomic mass is 79.9. The average Bonchev–Trinajstić information content (AvgIpc) is 3.09. The fourth-order valence-corrected chi connectivity index (χ4v) is 3.29. The van der Waals surface area contributed by atoms with Crippen LogP contribution in [-0.4, -0.2) is 20.5 Å². The Bertz CT molecular complexity index is 873. The van der Waals surface area contributed by atoms with Crippen molar-refractivity contribution in [3.63, 3.8) is 0 Å². The first-order valence-corrected chi connectivity index (χ1v) is 7.90. The van der Waals surface area contributed by atoms with E-state index in [2.05, 4.69) is 43.5 Å². The number of nitrogens with one attached hydrogen (secondary N) is 1. The number of aryl methyl sites for hydroxylation is 1. The molecule has 0 unspecified atom stereocenters. The van der Waals surface area contributed by atoms with Crippen molar-refractivity contribution in [1.82, 2.24) is 19.9 Å². The van der Waals surface area contributed by atoms with Crippen LogP contribution >= 0.6 is 15.9 Å². The quantitative estimate of drug-likeness (QED) is 0.767. The Labute approximate surface area is 135 Å². The summed E-state index contributed by atoms with van der Waals surface area (Å²) >= 11 is 3.23. The molecule has 110 valence electrons. The van der Waals surface area contributed by atoms with Crippen LogP contribution in [0.2, 0.25) is 0 Å². The maximum Gasteiger partial charge on any atom is 0.253 e. The predicted molar refractivity (Wildman–Crippen MR) is 85.7 cm³/mol. The lowest BCUT2D eigenvalue weighted by Crippen LogP contribution is -2.27. The molecule has 3 aromatic rings. The third-order valence-corrected chi connectivity index (χ3v) is 4.34. The van der Waals surface area contributed by atoms with Gasteiger partial charge in [0.25, 0.3) is 5.91 Å². The molecule has 0 spiro atoms. The molecule has 1 amide bonds. The molecule has 1 aromatic carbocycles. The maximum absolute atomic E-state index is 12.5. The smallest absolute Gasteiger partial charge is 0.253 e. The minimum Gasteiger partial charge on any atom is -0.345 e. The molecule has 6 heteroatoms. The van der Waals surface area contributed by atoms with E-state index in [9.17, 15) is 4.79 Å². The van der Waals surface area contributed by atoms with Gasteiger partial charge in [-0.1, -0.05) is 24.3 Å². The topological polar surface area (TPSA) is 59.3 Å². The second-order valence-corrected chi connectivity index (χ2v) is 6.07. The number of benzene rings is 1. The van der Waals surface area contributed by atoms with Crippen LogP contribution < -0.4 is 5.32 Å². The Morgan fingerprint density at radius 3 is 3.05 bits per heavy atom. The molecular formula is C16H13BrN4O. The van der Waals surface area contributed by atoms with Crippen LogP contribution in [0.3, 0.4) is 0 Å². The van der Waals surface area contributed by atoms with E-state index in [0.717, 1.165) is 12.8 Å². The van der Waals surface area contributed by atoms with Crippen molar-refractivity contribution < 1.29 is 4.79 Å². The van der Waals surface area contributed by atoms with E-state index >= 15 is 0 Å². The molecule has 4 rings (SSSR count). The van der Waals surface area contributed by atoms with Crippen LogP contribution in [0.5, 0.6) is 0 Å². The largest absolute Gasteiger partial charge is 0.345 e. The van der Waals surface area contributed by atoms with Gasteiger partial charge < -0.3 is 5.32 Å². The summed E-state index contributed by atoms with van der Waals surface area (Å²) in [6, 6.07) is 11.9. The van der Waals surface area contributed by atoms with Gasteiger partial charge in [0.2, 0.25) is 4.73 Å². The van der Waals surface area contributed by atoms with Crippen molar-refractivity contribution in [2.24, 2.45) is 0 Å². The molecule has 0 aliphatic heterocycles. The van der Waals surface area contributed by atoms with Crippen molar-refractivity contribution in [1.29, 1.82) is 0 Å². The third kappa shape index (κ3) is 2.29. The number of halogens is 1. The van der Waals surface area contributed by atoms with Gasteiger partial charge in [-0.05, 0) is 52.0 Å². The fourth-order valence-electron chi connectivity index (χ4n) is 2.94. The summed E-state index contributed by atoms with van der Waals surface area (Å²) in [5, 5.41) is 7.28. The van der Waals surface area contributed by atoms with Crippen LogP contribution in [0.4, 0.5) is 0 Å². The van der Waals surface area contributed by atoms with Crippen LogP contribution in [0.1, 0.15) is 33.9 Å². The molecule has 1 atom stereocenters. The van der Waals surface area contributed by atoms with Crippen molar-refractivity contribution in [3.05, 3.63) is 64.0 Å². The Hall–Kier alpha value is -2.21. The maximum atomic E-state index is 12.5. The highest BCUT2D eigenvalue weighted by Gasteiger charge is 2.23. The number of hydrogen-bond donors (Lipinski definition) is 1. The zero-order valence-electron chi connectivity index (χ0n) is 11.7. The van der Waals surface area contributed by atoms with E-state index in [1.807, 2.05) is 12.1 Å². The van der Waals surface area contributed by atoms with Crippen molar-refractivity contribution in [2.45, 2.75) is 18.9 Å². The first kappa shape index (κ1) is 13.5. The summed E-state index contributed by atoms with van der Waals surface area (Å²) in [6.45, 7) is 0. The Morgan fingerprint density at radius 2 is 2.14 bits per heavy atom. The minimum atomic E-state index is -0.0878. The molecule has 0 bridgehead atoms. The number of carbonyl (C=O) groups is 1. The Morgan fingerprint density at radius 1 is 1.27 bits per heavy atom. The standard InChI is InChI=1S/C16H13BrN4O/c17-16-19-14-8-6-11(9-21(14)20-16)15(22)18-13-7-5-10-3-1-2-4-12(10)13/h1-4,6,8-9,13H,5,7H2,(H,18,22)/t13-/m0/s1. The second kappa shape index (κ2) is 5.21. The van der Waals surface area contributed by atoms with E-state index in [1.54, 1.807) is 22.8 Å². The van der Waals surface area contributed by atoms with Crippen LogP contribution in [0, 0.1) is 0 Å². The number of rotatable bonds is 2. The minimum absolute atomic E-state index is 0.0851. The molecule has 1 aliphatic carbocycles. The molecule has 22 heavy (non-hydrogen) atoms. The molecule has 1 aliphatic rings. The van der Waals surface area contributed by atoms with Crippen LogP contribution in [-0.2, 0) is 6.42 Å². The normalized spacial score (nSPS) is 16.7. The average molecular weight is 357 g/mol. The van der Waals surface area contributed by atoms with Gasteiger partial charge in [0.1, 0.15) is 0 Å². The Balaban J connectivity index is 1.59. The van der Waals surface area contributed by atoms with Crippen LogP contribution in [0.15, 0.2) is 47.3 Å². The van der Waals surface area contributed by atoms with Crippen molar-refractivity contribution in [2.75, 3.05) is 0 Å². The molecule has 1 N–H and O–H groups in total. The second-order valence-electron chi connectivity index (χ2n) is 5.36. The van der Waals surface area contributed by atoms with Gasteiger partial charge in [0.05, 0.1) is 11.6 Å². The van der Waals surface area contributed by atoms with Gasteiger partial charge in [0.15, 0.2) is 5.65 Å². The molecule has 0 fully saturated rings. The summed E-state index contributed by atoms with van der Waals surface area (Å²) in [5.74, 6) is -0.0878. The number of nitrogens with zero attached hydrogens (tertiary/aromatic N) is 3. The zero-order valence-corrected chi connectivity index (χ0v) is 13.2. The van der Waals surface area contributed by atoms with E-state index in [1.165, 1.54) is 11.1 Å². The molecule has 0 saturated heterocycles. The van der Waals surface area contributed by atoms with Crippen LogP contribution in [0.25, 0.3) is 5.65 Å². The lowest BCUT2D eigenvalue weighted by atomic mass is 10.1. The van der Waals surface area contributed by atoms with Gasteiger partial charge in [0, 0.05) is 6.20 Å². The third-order valence-electron chi connectivity index (χ3n) is 4.01. The lowest BCUT2D eigenvalue weighted by Gasteiger charge is -2.14. The van der Waals surface area contributed by atoms with Gasteiger partial charge in [-0.2, -0.15) is 0 Å². The van der Waals surface area contributed by atoms with Gasteiger partial charge in [-0.3, -0.25) is 4.79 Å². The predicted octanol–water partition coefficient (Wildman–Crippen LogP) is 2.91. The number of amides is 1. The van der Waals surface area contributed by atoms with Gasteiger partial charge in [-0.15, -0.1) is 5.10 Å². The monoisotopic (exact) mass is 356 g/mol. The SMILES string of the molecule is O=C(N[C@H]1CCc2ccccc21)c1ccc2nc(Br)nn2c1. The van der Waals surface area contributed by atoms with E-state index in [0.29, 0.717) is 15.9 Å². The molecule has 0 saturated carbocycles. The number of fused-ring (bicyclic) bond motifs is 2. The summed E-state index contributed by atoms with van der Waals surface area (Å²) < 4.78 is 2.11. The number of hydrogen-bond acceptors (Lipinski definition) is 3.